The van der Waals surface area contributed by atoms with Gasteiger partial charge in [-0.15, -0.1) is 0 Å². The summed E-state index contributed by atoms with van der Waals surface area (Å²) < 4.78 is 7.24. The summed E-state index contributed by atoms with van der Waals surface area (Å²) in [6, 6.07) is 4.11. The molecule has 2 heterocycles. The van der Waals surface area contributed by atoms with E-state index in [2.05, 4.69) is 26.1 Å². The number of hydrogen-bond donors (Lipinski definition) is 0. The van der Waals surface area contributed by atoms with Crippen molar-refractivity contribution in [3.05, 3.63) is 30.1 Å². The number of aromatic nitrogens is 1. The quantitative estimate of drug-likeness (QED) is 0.781. The molecule has 104 valence electrons. The van der Waals surface area contributed by atoms with Gasteiger partial charge in [-0.05, 0) is 31.2 Å². The summed E-state index contributed by atoms with van der Waals surface area (Å²) in [6.45, 7) is 6.35. The van der Waals surface area contributed by atoms with Crippen LogP contribution in [0, 0.1) is 5.92 Å². The molecule has 0 atom stereocenters. The van der Waals surface area contributed by atoms with Crippen LogP contribution in [0.4, 0.5) is 4.79 Å². The van der Waals surface area contributed by atoms with Gasteiger partial charge in [0.25, 0.3) is 6.73 Å². The number of ether oxygens (including phenoxy) is 1. The van der Waals surface area contributed by atoms with Crippen LogP contribution in [0.3, 0.4) is 0 Å². The molecule has 0 N–H and O–H groups in total. The van der Waals surface area contributed by atoms with E-state index in [1.807, 2.05) is 16.8 Å². The minimum absolute atomic E-state index is 0.195. The lowest BCUT2D eigenvalue weighted by atomic mass is 10.1. The minimum atomic E-state index is -0.195. The van der Waals surface area contributed by atoms with Crippen LogP contribution in [0.25, 0.3) is 0 Å². The van der Waals surface area contributed by atoms with Crippen LogP contribution in [0.1, 0.15) is 32.3 Å². The van der Waals surface area contributed by atoms with Gasteiger partial charge in [-0.1, -0.05) is 13.8 Å². The Kier molecular flexibility index (Phi) is 4.77. The molecule has 0 bridgehead atoms. The van der Waals surface area contributed by atoms with Crippen LogP contribution in [0.15, 0.2) is 24.5 Å². The van der Waals surface area contributed by atoms with Crippen molar-refractivity contribution < 1.29 is 14.1 Å². The van der Waals surface area contributed by atoms with Gasteiger partial charge in [0.05, 0.1) is 0 Å². The Morgan fingerprint density at radius 1 is 1.42 bits per heavy atom. The molecule has 0 aromatic carbocycles. The minimum Gasteiger partial charge on any atom is -0.388 e. The summed E-state index contributed by atoms with van der Waals surface area (Å²) >= 11 is 0. The highest BCUT2D eigenvalue weighted by Gasteiger charge is 2.20. The van der Waals surface area contributed by atoms with E-state index in [9.17, 15) is 4.79 Å². The van der Waals surface area contributed by atoms with Gasteiger partial charge < -0.3 is 9.64 Å². The lowest BCUT2D eigenvalue weighted by Crippen LogP contribution is -2.39. The van der Waals surface area contributed by atoms with Crippen molar-refractivity contribution in [2.24, 2.45) is 5.92 Å². The Bertz CT molecular complexity index is 426. The van der Waals surface area contributed by atoms with Crippen molar-refractivity contribution in [2.75, 3.05) is 13.1 Å². The van der Waals surface area contributed by atoms with Crippen LogP contribution < -0.4 is 4.57 Å². The van der Waals surface area contributed by atoms with Gasteiger partial charge in [-0.2, -0.15) is 4.57 Å². The highest BCUT2D eigenvalue weighted by Crippen LogP contribution is 2.08. The number of pyridine rings is 1. The molecule has 1 aliphatic heterocycles. The second kappa shape index (κ2) is 6.55. The summed E-state index contributed by atoms with van der Waals surface area (Å²) in [5.41, 5.74) is 1.27. The van der Waals surface area contributed by atoms with E-state index < -0.39 is 0 Å². The third-order valence-corrected chi connectivity index (χ3v) is 3.26. The van der Waals surface area contributed by atoms with E-state index in [1.165, 1.54) is 5.56 Å². The number of amides is 1. The van der Waals surface area contributed by atoms with Gasteiger partial charge in [-0.25, -0.2) is 4.79 Å². The topological polar surface area (TPSA) is 33.4 Å². The van der Waals surface area contributed by atoms with Gasteiger partial charge >= 0.3 is 6.09 Å². The molecule has 19 heavy (non-hydrogen) atoms. The molecule has 2 rings (SSSR count). The van der Waals surface area contributed by atoms with Crippen LogP contribution in [-0.4, -0.2) is 24.1 Å². The predicted octanol–water partition coefficient (Wildman–Crippen LogP) is 2.36. The Labute approximate surface area is 115 Å². The molecule has 1 amide bonds. The van der Waals surface area contributed by atoms with E-state index in [0.29, 0.717) is 12.6 Å². The molecule has 0 radical (unpaired) electrons. The molecule has 0 unspecified atom stereocenters. The van der Waals surface area contributed by atoms with Gasteiger partial charge in [0, 0.05) is 24.7 Å². The zero-order valence-corrected chi connectivity index (χ0v) is 11.8. The molecule has 1 aliphatic rings. The first-order valence-corrected chi connectivity index (χ1v) is 7.05. The summed E-state index contributed by atoms with van der Waals surface area (Å²) in [5, 5.41) is 0. The molecule has 4 heteroatoms. The van der Waals surface area contributed by atoms with Crippen molar-refractivity contribution in [3.63, 3.8) is 0 Å². The molecule has 1 aromatic rings. The predicted molar refractivity (Wildman–Crippen MR) is 72.5 cm³/mol. The fourth-order valence-electron chi connectivity index (χ4n) is 2.37. The standard InChI is InChI=1S/C15H23N2O2/c1-13(2)10-14-6-5-7-16(11-14)12-19-15(18)17-8-3-4-9-17/h5-7,11,13H,3-4,8-10,12H2,1-2H3/q+1. The molecule has 4 nitrogen and oxygen atoms in total. The van der Waals surface area contributed by atoms with Crippen molar-refractivity contribution in [2.45, 2.75) is 39.8 Å². The van der Waals surface area contributed by atoms with Crippen molar-refractivity contribution in [1.29, 1.82) is 0 Å². The third kappa shape index (κ3) is 4.23. The average molecular weight is 263 g/mol. The van der Waals surface area contributed by atoms with E-state index in [1.54, 1.807) is 4.90 Å². The average Bonchev–Trinajstić information content (AvgIpc) is 2.89. The maximum atomic E-state index is 11.8. The SMILES string of the molecule is CC(C)Cc1ccc[n+](COC(=O)N2CCCC2)c1. The summed E-state index contributed by atoms with van der Waals surface area (Å²) in [4.78, 5) is 13.5. The monoisotopic (exact) mass is 263 g/mol. The largest absolute Gasteiger partial charge is 0.414 e. The smallest absolute Gasteiger partial charge is 0.388 e. The Balaban J connectivity index is 1.86. The molecule has 1 fully saturated rings. The normalized spacial score (nSPS) is 15.0. The second-order valence-corrected chi connectivity index (χ2v) is 5.56. The van der Waals surface area contributed by atoms with E-state index >= 15 is 0 Å². The molecule has 0 saturated carbocycles. The Morgan fingerprint density at radius 3 is 2.84 bits per heavy atom. The van der Waals surface area contributed by atoms with Crippen LogP contribution in [0.5, 0.6) is 0 Å². The molecule has 0 aliphatic carbocycles. The first-order valence-electron chi connectivity index (χ1n) is 7.05. The molecule has 0 spiro atoms. The zero-order valence-electron chi connectivity index (χ0n) is 11.8. The summed E-state index contributed by atoms with van der Waals surface area (Å²) in [7, 11) is 0. The van der Waals surface area contributed by atoms with Gasteiger partial charge in [0.2, 0.25) is 0 Å². The van der Waals surface area contributed by atoms with E-state index in [0.717, 1.165) is 32.4 Å². The molecular formula is C15H23N2O2+. The summed E-state index contributed by atoms with van der Waals surface area (Å²) in [5.74, 6) is 0.628. The summed E-state index contributed by atoms with van der Waals surface area (Å²) in [6.07, 6.45) is 7.01. The zero-order chi connectivity index (χ0) is 13.7. The van der Waals surface area contributed by atoms with E-state index in [-0.39, 0.29) is 6.09 Å². The maximum Gasteiger partial charge on any atom is 0.414 e. The maximum absolute atomic E-state index is 11.8. The number of likely N-dealkylation sites (tertiary alicyclic amines) is 1. The second-order valence-electron chi connectivity index (χ2n) is 5.56. The van der Waals surface area contributed by atoms with E-state index in [4.69, 9.17) is 4.74 Å². The van der Waals surface area contributed by atoms with Crippen molar-refractivity contribution >= 4 is 6.09 Å². The number of carbonyl (C=O) groups excluding carboxylic acids is 1. The molecule has 1 saturated heterocycles. The third-order valence-electron chi connectivity index (χ3n) is 3.26. The lowest BCUT2D eigenvalue weighted by Gasteiger charge is -2.13. The number of rotatable bonds is 4. The highest BCUT2D eigenvalue weighted by molar-refractivity contribution is 5.67. The van der Waals surface area contributed by atoms with Crippen LogP contribution in [-0.2, 0) is 17.9 Å². The van der Waals surface area contributed by atoms with Gasteiger partial charge in [0.15, 0.2) is 12.4 Å². The number of nitrogens with zero attached hydrogens (tertiary/aromatic N) is 2. The first-order chi connectivity index (χ1) is 9.15. The Morgan fingerprint density at radius 2 is 2.16 bits per heavy atom. The first kappa shape index (κ1) is 13.8. The highest BCUT2D eigenvalue weighted by atomic mass is 16.6. The fraction of sp³-hybridized carbons (Fsp3) is 0.600. The van der Waals surface area contributed by atoms with Crippen molar-refractivity contribution in [3.8, 4) is 0 Å². The van der Waals surface area contributed by atoms with Gasteiger partial charge in [0.1, 0.15) is 0 Å². The number of hydrogen-bond acceptors (Lipinski definition) is 2. The van der Waals surface area contributed by atoms with Gasteiger partial charge in [-0.3, -0.25) is 0 Å². The Hall–Kier alpha value is -1.58. The number of carbonyl (C=O) groups is 1. The van der Waals surface area contributed by atoms with Crippen LogP contribution >= 0.6 is 0 Å². The molecule has 1 aromatic heterocycles. The molecular weight excluding hydrogens is 240 g/mol. The fourth-order valence-corrected chi connectivity index (χ4v) is 2.37. The van der Waals surface area contributed by atoms with Crippen molar-refractivity contribution in [1.82, 2.24) is 4.90 Å². The lowest BCUT2D eigenvalue weighted by molar-refractivity contribution is -0.727. The van der Waals surface area contributed by atoms with Crippen LogP contribution in [0.2, 0.25) is 0 Å².